The summed E-state index contributed by atoms with van der Waals surface area (Å²) in [5, 5.41) is 23.1. The number of hydrogen-bond acceptors (Lipinski definition) is 7. The number of amides is 1. The fourth-order valence-corrected chi connectivity index (χ4v) is 3.87. The average Bonchev–Trinajstić information content (AvgIpc) is 3.43. The molecule has 0 radical (unpaired) electrons. The van der Waals surface area contributed by atoms with Crippen molar-refractivity contribution in [3.63, 3.8) is 0 Å². The van der Waals surface area contributed by atoms with Gasteiger partial charge in [0.2, 0.25) is 0 Å². The van der Waals surface area contributed by atoms with Gasteiger partial charge in [0.05, 0.1) is 23.9 Å². The maximum atomic E-state index is 13.4. The van der Waals surface area contributed by atoms with Gasteiger partial charge in [-0.05, 0) is 53.2 Å². The number of aromatic nitrogens is 5. The zero-order valence-corrected chi connectivity index (χ0v) is 20.6. The Hall–Kier alpha value is -4.50. The quantitative estimate of drug-likeness (QED) is 0.308. The number of H-pyrrole nitrogens is 1. The zero-order chi connectivity index (χ0) is 27.3. The number of para-hydroxylation sites is 2. The highest BCUT2D eigenvalue weighted by Crippen LogP contribution is 2.35. The average molecular weight is 542 g/mol. The SMILES string of the molecule is CN(C(=O)c1ccc(Cl)c(-c2cnc(C(F)(F)F)cc2C#N)c1)c1ccccc1OCCCc1nnn[nH]1. The van der Waals surface area contributed by atoms with E-state index in [0.29, 0.717) is 42.8 Å². The molecule has 2 aromatic heterocycles. The summed E-state index contributed by atoms with van der Waals surface area (Å²) < 4.78 is 45.1. The predicted octanol–water partition coefficient (Wildman–Crippen LogP) is 5.09. The molecule has 0 aliphatic rings. The van der Waals surface area contributed by atoms with E-state index in [1.807, 2.05) is 0 Å². The number of aromatic amines is 1. The lowest BCUT2D eigenvalue weighted by atomic mass is 9.99. The van der Waals surface area contributed by atoms with E-state index in [0.717, 1.165) is 6.20 Å². The Morgan fingerprint density at radius 1 is 1.18 bits per heavy atom. The summed E-state index contributed by atoms with van der Waals surface area (Å²) in [6, 6.07) is 13.7. The second-order valence-electron chi connectivity index (χ2n) is 8.05. The van der Waals surface area contributed by atoms with Crippen molar-refractivity contribution in [1.82, 2.24) is 25.6 Å². The lowest BCUT2D eigenvalue weighted by Crippen LogP contribution is -2.26. The van der Waals surface area contributed by atoms with Crippen LogP contribution >= 0.6 is 11.6 Å². The second-order valence-corrected chi connectivity index (χ2v) is 8.46. The normalized spacial score (nSPS) is 11.2. The summed E-state index contributed by atoms with van der Waals surface area (Å²) in [6.45, 7) is 0.350. The van der Waals surface area contributed by atoms with Crippen LogP contribution in [-0.4, -0.2) is 45.2 Å². The lowest BCUT2D eigenvalue weighted by Gasteiger charge is -2.21. The molecule has 0 atom stereocenters. The Bertz CT molecular complexity index is 1490. The van der Waals surface area contributed by atoms with E-state index in [9.17, 15) is 23.2 Å². The summed E-state index contributed by atoms with van der Waals surface area (Å²) in [4.78, 5) is 18.2. The molecular weight excluding hydrogens is 523 g/mol. The highest BCUT2D eigenvalue weighted by Gasteiger charge is 2.33. The lowest BCUT2D eigenvalue weighted by molar-refractivity contribution is -0.141. The molecule has 2 heterocycles. The van der Waals surface area contributed by atoms with Gasteiger partial charge < -0.3 is 9.64 Å². The highest BCUT2D eigenvalue weighted by molar-refractivity contribution is 6.33. The molecule has 1 amide bonds. The number of alkyl halides is 3. The van der Waals surface area contributed by atoms with Crippen LogP contribution in [0.5, 0.6) is 5.75 Å². The van der Waals surface area contributed by atoms with Gasteiger partial charge in [0.25, 0.3) is 5.91 Å². The van der Waals surface area contributed by atoms with Gasteiger partial charge in [-0.2, -0.15) is 18.4 Å². The molecule has 2 aromatic carbocycles. The zero-order valence-electron chi connectivity index (χ0n) is 19.8. The van der Waals surface area contributed by atoms with Crippen LogP contribution in [0.15, 0.2) is 54.7 Å². The number of nitriles is 1. The first-order valence-corrected chi connectivity index (χ1v) is 11.6. The first-order chi connectivity index (χ1) is 18.2. The van der Waals surface area contributed by atoms with Crippen molar-refractivity contribution in [1.29, 1.82) is 5.26 Å². The number of aryl methyl sites for hydroxylation is 1. The van der Waals surface area contributed by atoms with Gasteiger partial charge in [-0.1, -0.05) is 23.7 Å². The Balaban J connectivity index is 1.57. The molecule has 1 N–H and O–H groups in total. The molecule has 194 valence electrons. The van der Waals surface area contributed by atoms with Crippen LogP contribution in [0.4, 0.5) is 18.9 Å². The number of nitrogens with zero attached hydrogens (tertiary/aromatic N) is 6. The third-order valence-electron chi connectivity index (χ3n) is 5.55. The highest BCUT2D eigenvalue weighted by atomic mass is 35.5. The van der Waals surface area contributed by atoms with Gasteiger partial charge in [-0.3, -0.25) is 9.78 Å². The van der Waals surface area contributed by atoms with E-state index < -0.39 is 17.8 Å². The number of ether oxygens (including phenoxy) is 1. The van der Waals surface area contributed by atoms with Crippen LogP contribution in [0, 0.1) is 11.3 Å². The van der Waals surface area contributed by atoms with Gasteiger partial charge in [0.15, 0.2) is 0 Å². The molecule has 0 bridgehead atoms. The number of anilines is 1. The smallest absolute Gasteiger partial charge is 0.433 e. The maximum absolute atomic E-state index is 13.4. The number of tetrazole rings is 1. The Labute approximate surface area is 219 Å². The summed E-state index contributed by atoms with van der Waals surface area (Å²) in [7, 11) is 1.57. The largest absolute Gasteiger partial charge is 0.491 e. The van der Waals surface area contributed by atoms with Gasteiger partial charge in [-0.25, -0.2) is 5.10 Å². The molecule has 0 aliphatic heterocycles. The molecule has 0 fully saturated rings. The minimum atomic E-state index is -4.71. The number of carbonyl (C=O) groups is 1. The molecule has 13 heteroatoms. The van der Waals surface area contributed by atoms with Gasteiger partial charge in [0.1, 0.15) is 17.3 Å². The van der Waals surface area contributed by atoms with Crippen LogP contribution in [-0.2, 0) is 12.6 Å². The first-order valence-electron chi connectivity index (χ1n) is 11.2. The van der Waals surface area contributed by atoms with E-state index in [4.69, 9.17) is 16.3 Å². The Morgan fingerprint density at radius 3 is 2.68 bits per heavy atom. The predicted molar refractivity (Wildman–Crippen MR) is 132 cm³/mol. The van der Waals surface area contributed by atoms with E-state index in [-0.39, 0.29) is 27.3 Å². The Morgan fingerprint density at radius 2 is 1.97 bits per heavy atom. The van der Waals surface area contributed by atoms with Crippen LogP contribution in [0.1, 0.15) is 33.9 Å². The van der Waals surface area contributed by atoms with Crippen molar-refractivity contribution in [2.24, 2.45) is 0 Å². The maximum Gasteiger partial charge on any atom is 0.433 e. The third kappa shape index (κ3) is 5.90. The van der Waals surface area contributed by atoms with Crippen molar-refractivity contribution >= 4 is 23.2 Å². The van der Waals surface area contributed by atoms with Crippen molar-refractivity contribution < 1.29 is 22.7 Å². The molecule has 4 aromatic rings. The van der Waals surface area contributed by atoms with Gasteiger partial charge >= 0.3 is 6.18 Å². The standard InChI is InChI=1S/C25H19ClF3N7O2/c1-36(20-5-2-3-6-21(20)38-10-4-7-23-32-34-35-33-23)24(37)15-8-9-19(26)17(11-15)18-14-31-22(25(27,28)29)12-16(18)13-30/h2-3,5-6,8-9,11-12,14H,4,7,10H2,1H3,(H,32,33,34,35). The number of halogens is 4. The van der Waals surface area contributed by atoms with Crippen molar-refractivity contribution in [3.05, 3.63) is 82.4 Å². The van der Waals surface area contributed by atoms with E-state index in [1.165, 1.54) is 23.1 Å². The monoisotopic (exact) mass is 541 g/mol. The summed E-state index contributed by atoms with van der Waals surface area (Å²) in [5.41, 5.74) is -0.488. The van der Waals surface area contributed by atoms with Gasteiger partial charge in [-0.15, -0.1) is 5.10 Å². The van der Waals surface area contributed by atoms with E-state index in [2.05, 4.69) is 25.6 Å². The summed E-state index contributed by atoms with van der Waals surface area (Å²) in [5.74, 6) is 0.688. The number of benzene rings is 2. The molecule has 0 saturated carbocycles. The number of carbonyl (C=O) groups excluding carboxylic acids is 1. The van der Waals surface area contributed by atoms with E-state index in [1.54, 1.807) is 37.4 Å². The minimum absolute atomic E-state index is 0.0773. The second kappa shape index (κ2) is 11.3. The Kier molecular flexibility index (Phi) is 7.87. The molecule has 0 aliphatic carbocycles. The van der Waals surface area contributed by atoms with Crippen LogP contribution in [0.25, 0.3) is 11.1 Å². The minimum Gasteiger partial charge on any atom is -0.491 e. The molecule has 4 rings (SSSR count). The van der Waals surface area contributed by atoms with Crippen molar-refractivity contribution in [2.45, 2.75) is 19.0 Å². The number of rotatable bonds is 8. The fourth-order valence-electron chi connectivity index (χ4n) is 3.65. The van der Waals surface area contributed by atoms with Crippen LogP contribution in [0.2, 0.25) is 5.02 Å². The third-order valence-corrected chi connectivity index (χ3v) is 5.88. The fraction of sp³-hybridized carbons (Fsp3) is 0.200. The molecule has 0 spiro atoms. The summed E-state index contributed by atoms with van der Waals surface area (Å²) >= 11 is 6.30. The summed E-state index contributed by atoms with van der Waals surface area (Å²) in [6.07, 6.45) is -2.57. The first kappa shape index (κ1) is 26.6. The molecule has 38 heavy (non-hydrogen) atoms. The molecule has 0 saturated heterocycles. The van der Waals surface area contributed by atoms with Crippen molar-refractivity contribution in [2.75, 3.05) is 18.6 Å². The van der Waals surface area contributed by atoms with Crippen LogP contribution < -0.4 is 9.64 Å². The van der Waals surface area contributed by atoms with Crippen molar-refractivity contribution in [3.8, 4) is 22.9 Å². The van der Waals surface area contributed by atoms with Gasteiger partial charge in [0, 0.05) is 41.4 Å². The molecule has 0 unspecified atom stereocenters. The van der Waals surface area contributed by atoms with E-state index >= 15 is 0 Å². The number of pyridine rings is 1. The molecule has 9 nitrogen and oxygen atoms in total. The number of hydrogen-bond donors (Lipinski definition) is 1. The van der Waals surface area contributed by atoms with Crippen LogP contribution in [0.3, 0.4) is 0 Å². The number of nitrogens with one attached hydrogen (secondary N) is 1. The molecular formula is C25H19ClF3N7O2. The topological polar surface area (TPSA) is 121 Å².